The molecule has 0 heterocycles. The van der Waals surface area contributed by atoms with Crippen LogP contribution in [0.15, 0.2) is 109 Å². The summed E-state index contributed by atoms with van der Waals surface area (Å²) in [5.74, 6) is 0.584. The Kier molecular flexibility index (Phi) is 17.9. The maximum atomic E-state index is 3.06. The summed E-state index contributed by atoms with van der Waals surface area (Å²) < 4.78 is 0. The first-order valence-corrected chi connectivity index (χ1v) is 18.6. The molecule has 45 heavy (non-hydrogen) atoms. The quantitative estimate of drug-likeness (QED) is 0.126. The third-order valence-electron chi connectivity index (χ3n) is 7.84. The van der Waals surface area contributed by atoms with E-state index in [9.17, 15) is 0 Å². The zero-order valence-corrected chi connectivity index (χ0v) is 33.4. The number of rotatable bonds is 3. The van der Waals surface area contributed by atoms with Crippen LogP contribution in [0, 0.1) is 28.7 Å². The van der Waals surface area contributed by atoms with Crippen molar-refractivity contribution in [3.8, 4) is 22.3 Å². The Labute approximate surface area is 302 Å². The van der Waals surface area contributed by atoms with Crippen molar-refractivity contribution in [2.45, 2.75) is 59.8 Å². The van der Waals surface area contributed by atoms with Crippen LogP contribution in [0.2, 0.25) is 0 Å². The topological polar surface area (TPSA) is 0 Å². The van der Waals surface area contributed by atoms with E-state index in [1.807, 2.05) is 0 Å². The Bertz CT molecular complexity index is 1740. The van der Waals surface area contributed by atoms with Gasteiger partial charge in [-0.1, -0.05) is 126 Å². The second-order valence-electron chi connectivity index (χ2n) is 12.2. The molecule has 0 aliphatic carbocycles. The van der Waals surface area contributed by atoms with Gasteiger partial charge in [0.1, 0.15) is 0 Å². The van der Waals surface area contributed by atoms with E-state index in [0.717, 1.165) is 0 Å². The van der Waals surface area contributed by atoms with Crippen molar-refractivity contribution in [3.05, 3.63) is 146 Å². The molecule has 0 amide bonds. The molecule has 0 unspecified atom stereocenters. The minimum atomic E-state index is 0. The summed E-state index contributed by atoms with van der Waals surface area (Å²) >= 11 is 1.36. The first-order chi connectivity index (χ1) is 19.6. The predicted molar refractivity (Wildman–Crippen MR) is 205 cm³/mol. The van der Waals surface area contributed by atoms with Gasteiger partial charge in [-0.2, -0.15) is 12.1 Å². The molecule has 0 aliphatic heterocycles. The number of hydrogen-bond acceptors (Lipinski definition) is 0. The fourth-order valence-corrected chi connectivity index (χ4v) is 5.45. The van der Waals surface area contributed by atoms with Crippen molar-refractivity contribution in [3.63, 3.8) is 0 Å². The van der Waals surface area contributed by atoms with E-state index < -0.39 is 0 Å². The van der Waals surface area contributed by atoms with Gasteiger partial charge in [-0.15, -0.1) is 93.4 Å². The van der Waals surface area contributed by atoms with Gasteiger partial charge in [0, 0.05) is 0 Å². The van der Waals surface area contributed by atoms with E-state index >= 15 is 0 Å². The minimum absolute atomic E-state index is 0. The van der Waals surface area contributed by atoms with Crippen LogP contribution in [0.3, 0.4) is 0 Å². The van der Waals surface area contributed by atoms with Crippen molar-refractivity contribution in [1.29, 1.82) is 0 Å². The predicted octanol–water partition coefficient (Wildman–Crippen LogP) is 12.9. The molecule has 2 radical (unpaired) electrons. The van der Waals surface area contributed by atoms with Crippen molar-refractivity contribution in [1.82, 2.24) is 0 Å². The first kappa shape index (κ1) is 42.8. The standard InChI is InChI=1S/C21H23.C18H17.2CH3.2ClH.Si.Zr/c1-14-12-19-15(2)6-11-18(20(19)13-14)16-7-9-17(10-8-16)21(3,4)5;1-13(2)16-11-15-9-6-10-17(18(15)12-16)14-7-4-3-5-8-14;;;;;;/h6-13H,1-5H3;3-13H,1-2H3;2*1H3;2*1H;;/q4*-1;;;;. The number of benzene rings is 4. The molecule has 0 saturated heterocycles. The van der Waals surface area contributed by atoms with Crippen LogP contribution in [0.4, 0.5) is 0 Å². The average molecular weight is 731 g/mol. The summed E-state index contributed by atoms with van der Waals surface area (Å²) in [6.07, 6.45) is 0. The van der Waals surface area contributed by atoms with Crippen molar-refractivity contribution < 1.29 is 23.3 Å². The zero-order chi connectivity index (χ0) is 29.7. The van der Waals surface area contributed by atoms with Gasteiger partial charge >= 0.3 is 30.2 Å². The fraction of sp³-hybridized carbons (Fsp3) is 0.220. The van der Waals surface area contributed by atoms with Gasteiger partial charge in [0.15, 0.2) is 0 Å². The summed E-state index contributed by atoms with van der Waals surface area (Å²) in [7, 11) is 0. The molecule has 0 atom stereocenters. The molecule has 0 spiro atoms. The number of fused-ring (bicyclic) bond motifs is 2. The molecule has 6 rings (SSSR count). The van der Waals surface area contributed by atoms with E-state index in [-0.39, 0.29) is 45.1 Å². The second-order valence-corrected chi connectivity index (χ2v) is 12.2. The average Bonchev–Trinajstić information content (AvgIpc) is 3.59. The van der Waals surface area contributed by atoms with Crippen LogP contribution in [0.1, 0.15) is 62.8 Å². The van der Waals surface area contributed by atoms with Crippen LogP contribution >= 0.6 is 24.8 Å². The summed E-state index contributed by atoms with van der Waals surface area (Å²) in [4.78, 5) is 0. The number of hydrogen-bond donors (Lipinski definition) is 0. The van der Waals surface area contributed by atoms with Crippen LogP contribution in [-0.2, 0) is 28.8 Å². The van der Waals surface area contributed by atoms with Gasteiger partial charge in [0.2, 0.25) is 0 Å². The van der Waals surface area contributed by atoms with Gasteiger partial charge in [-0.3, -0.25) is 0 Å². The third kappa shape index (κ3) is 10.1. The molecule has 238 valence electrons. The summed E-state index contributed by atoms with van der Waals surface area (Å²) in [5, 5.41) is 5.47. The molecule has 6 aromatic rings. The van der Waals surface area contributed by atoms with E-state index in [4.69, 9.17) is 0 Å². The number of halogens is 2. The Morgan fingerprint density at radius 2 is 1.22 bits per heavy atom. The molecule has 0 fully saturated rings. The van der Waals surface area contributed by atoms with E-state index in [1.165, 1.54) is 89.4 Å². The molecule has 0 aliphatic rings. The molecule has 0 bridgehead atoms. The molecule has 0 saturated carbocycles. The zero-order valence-electron chi connectivity index (χ0n) is 28.3. The number of aryl methyl sites for hydroxylation is 2. The molecular weight excluding hydrogens is 683 g/mol. The SMILES string of the molecule is CC(C)c1cc2c(-c3ccccc3)cccc2[cH-]1.Cc1cc2c(-c3ccc(C(C)(C)C)cc3)ccc(C)c2[cH-]1.Cl.Cl.[CH3-].[CH3-].[Si]=[Zr]. The maximum absolute atomic E-state index is 3.06. The summed E-state index contributed by atoms with van der Waals surface area (Å²) in [6.45, 7) is 18.7. The molecule has 0 nitrogen and oxygen atoms in total. The van der Waals surface area contributed by atoms with Gasteiger partial charge in [0.25, 0.3) is 0 Å². The van der Waals surface area contributed by atoms with E-state index in [0.29, 0.717) is 5.92 Å². The third-order valence-corrected chi connectivity index (χ3v) is 7.84. The van der Waals surface area contributed by atoms with Crippen LogP contribution < -0.4 is 0 Å². The van der Waals surface area contributed by atoms with Gasteiger partial charge in [0.05, 0.1) is 0 Å². The summed E-state index contributed by atoms with van der Waals surface area (Å²) in [6, 6.07) is 39.9. The van der Waals surface area contributed by atoms with Gasteiger partial charge in [-0.05, 0) is 28.0 Å². The van der Waals surface area contributed by atoms with Crippen LogP contribution in [-0.4, -0.2) is 6.88 Å². The Balaban J connectivity index is 0.000000758. The van der Waals surface area contributed by atoms with Crippen molar-refractivity contribution >= 4 is 53.2 Å². The molecule has 0 aromatic heterocycles. The monoisotopic (exact) mass is 728 g/mol. The van der Waals surface area contributed by atoms with Gasteiger partial charge in [-0.25, -0.2) is 0 Å². The first-order valence-electron chi connectivity index (χ1n) is 14.4. The molecule has 6 aromatic carbocycles. The van der Waals surface area contributed by atoms with Crippen molar-refractivity contribution in [2.75, 3.05) is 0 Å². The second kappa shape index (κ2) is 18.8. The Morgan fingerprint density at radius 1 is 0.644 bits per heavy atom. The molecule has 0 N–H and O–H groups in total. The Morgan fingerprint density at radius 3 is 1.80 bits per heavy atom. The van der Waals surface area contributed by atoms with E-state index in [2.05, 4.69) is 165 Å². The molecular formula is C41H48Cl2SiZr-4. The van der Waals surface area contributed by atoms with Gasteiger partial charge < -0.3 is 14.9 Å². The Hall–Kier alpha value is -2.22. The fourth-order valence-electron chi connectivity index (χ4n) is 5.45. The normalized spacial score (nSPS) is 10.2. The molecule has 4 heteroatoms. The van der Waals surface area contributed by atoms with Crippen LogP contribution in [0.5, 0.6) is 0 Å². The van der Waals surface area contributed by atoms with Crippen molar-refractivity contribution in [2.24, 2.45) is 0 Å². The summed E-state index contributed by atoms with van der Waals surface area (Å²) in [5.41, 5.74) is 11.0. The van der Waals surface area contributed by atoms with E-state index in [1.54, 1.807) is 0 Å². The van der Waals surface area contributed by atoms with Crippen LogP contribution in [0.25, 0.3) is 43.8 Å².